The molecule has 0 saturated carbocycles. The smallest absolute Gasteiger partial charge is 0.271 e. The molecule has 0 spiro atoms. The lowest BCUT2D eigenvalue weighted by Crippen LogP contribution is -2.25. The third kappa shape index (κ3) is 4.36. The summed E-state index contributed by atoms with van der Waals surface area (Å²) < 4.78 is 29.7. The first kappa shape index (κ1) is 16.6. The number of sulfonamides is 1. The van der Waals surface area contributed by atoms with E-state index >= 15 is 0 Å². The Labute approximate surface area is 133 Å². The summed E-state index contributed by atoms with van der Waals surface area (Å²) in [6.07, 6.45) is 0. The maximum absolute atomic E-state index is 12.0. The van der Waals surface area contributed by atoms with E-state index in [1.807, 2.05) is 13.0 Å². The van der Waals surface area contributed by atoms with Crippen LogP contribution in [0.25, 0.3) is 0 Å². The van der Waals surface area contributed by atoms with Gasteiger partial charge in [-0.15, -0.1) is 0 Å². The standard InChI is InChI=1S/C14H17N3O3S2/c1-10-7-13(17-21-10)14(18)16-8-11-5-3-4-6-12(11)9-22(19,20)15-2/h3-7,15H,8-9H2,1-2H3,(H,16,18). The van der Waals surface area contributed by atoms with Crippen LogP contribution in [0.15, 0.2) is 30.3 Å². The minimum Gasteiger partial charge on any atom is -0.347 e. The molecule has 6 nitrogen and oxygen atoms in total. The van der Waals surface area contributed by atoms with E-state index in [4.69, 9.17) is 0 Å². The Balaban J connectivity index is 2.08. The lowest BCUT2D eigenvalue weighted by Gasteiger charge is -2.10. The van der Waals surface area contributed by atoms with Gasteiger partial charge in [0.15, 0.2) is 0 Å². The minimum absolute atomic E-state index is 0.120. The molecule has 22 heavy (non-hydrogen) atoms. The van der Waals surface area contributed by atoms with E-state index in [2.05, 4.69) is 14.4 Å². The van der Waals surface area contributed by atoms with Crippen LogP contribution in [0.4, 0.5) is 0 Å². The third-order valence-corrected chi connectivity index (χ3v) is 5.08. The molecule has 0 bridgehead atoms. The van der Waals surface area contributed by atoms with Crippen LogP contribution in [0.2, 0.25) is 0 Å². The molecule has 0 aliphatic heterocycles. The monoisotopic (exact) mass is 339 g/mol. The van der Waals surface area contributed by atoms with E-state index in [1.54, 1.807) is 24.3 Å². The van der Waals surface area contributed by atoms with Crippen molar-refractivity contribution in [2.75, 3.05) is 7.05 Å². The predicted octanol–water partition coefficient (Wildman–Crippen LogP) is 1.43. The molecular formula is C14H17N3O3S2. The van der Waals surface area contributed by atoms with Crippen LogP contribution >= 0.6 is 11.5 Å². The highest BCUT2D eigenvalue weighted by molar-refractivity contribution is 7.88. The molecule has 0 unspecified atom stereocenters. The van der Waals surface area contributed by atoms with Gasteiger partial charge in [-0.1, -0.05) is 24.3 Å². The molecule has 0 fully saturated rings. The highest BCUT2D eigenvalue weighted by Gasteiger charge is 2.13. The highest BCUT2D eigenvalue weighted by atomic mass is 32.2. The fourth-order valence-corrected chi connectivity index (χ4v) is 3.26. The average Bonchev–Trinajstić information content (AvgIpc) is 2.92. The van der Waals surface area contributed by atoms with Crippen LogP contribution in [-0.2, 0) is 22.3 Å². The number of carbonyl (C=O) groups is 1. The van der Waals surface area contributed by atoms with Gasteiger partial charge in [0.25, 0.3) is 5.91 Å². The average molecular weight is 339 g/mol. The summed E-state index contributed by atoms with van der Waals surface area (Å²) in [6, 6.07) is 8.84. The molecule has 0 atom stereocenters. The van der Waals surface area contributed by atoms with Crippen LogP contribution in [0.3, 0.4) is 0 Å². The van der Waals surface area contributed by atoms with Crippen LogP contribution in [0, 0.1) is 6.92 Å². The van der Waals surface area contributed by atoms with E-state index in [0.29, 0.717) is 11.3 Å². The molecule has 0 aliphatic rings. The fraction of sp³-hybridized carbons (Fsp3) is 0.286. The van der Waals surface area contributed by atoms with Gasteiger partial charge in [0, 0.05) is 11.4 Å². The molecule has 8 heteroatoms. The third-order valence-electron chi connectivity index (χ3n) is 3.07. The van der Waals surface area contributed by atoms with Crippen molar-refractivity contribution >= 4 is 27.5 Å². The van der Waals surface area contributed by atoms with E-state index in [0.717, 1.165) is 10.4 Å². The molecule has 1 heterocycles. The van der Waals surface area contributed by atoms with Crippen molar-refractivity contribution in [1.82, 2.24) is 14.4 Å². The summed E-state index contributed by atoms with van der Waals surface area (Å²) in [4.78, 5) is 13.0. The molecule has 2 rings (SSSR count). The van der Waals surface area contributed by atoms with Crippen molar-refractivity contribution in [3.05, 3.63) is 52.0 Å². The number of rotatable bonds is 6. The van der Waals surface area contributed by atoms with E-state index < -0.39 is 10.0 Å². The van der Waals surface area contributed by atoms with Crippen molar-refractivity contribution in [2.24, 2.45) is 0 Å². The van der Waals surface area contributed by atoms with Gasteiger partial charge < -0.3 is 5.32 Å². The van der Waals surface area contributed by atoms with Crippen LogP contribution in [0.1, 0.15) is 26.5 Å². The quantitative estimate of drug-likeness (QED) is 0.833. The van der Waals surface area contributed by atoms with Crippen LogP contribution in [0.5, 0.6) is 0 Å². The molecule has 1 amide bonds. The van der Waals surface area contributed by atoms with Crippen molar-refractivity contribution in [3.8, 4) is 0 Å². The predicted molar refractivity (Wildman–Crippen MR) is 86.1 cm³/mol. The highest BCUT2D eigenvalue weighted by Crippen LogP contribution is 2.13. The topological polar surface area (TPSA) is 88.2 Å². The number of amides is 1. The number of nitrogens with one attached hydrogen (secondary N) is 2. The zero-order chi connectivity index (χ0) is 16.2. The molecule has 0 aliphatic carbocycles. The summed E-state index contributed by atoms with van der Waals surface area (Å²) in [6.45, 7) is 2.14. The summed E-state index contributed by atoms with van der Waals surface area (Å²) in [7, 11) is -1.98. The Bertz CT molecular complexity index is 769. The maximum Gasteiger partial charge on any atom is 0.271 e. The largest absolute Gasteiger partial charge is 0.347 e. The second-order valence-electron chi connectivity index (χ2n) is 4.74. The molecular weight excluding hydrogens is 322 g/mol. The zero-order valence-electron chi connectivity index (χ0n) is 12.3. The van der Waals surface area contributed by atoms with E-state index in [1.165, 1.54) is 18.6 Å². The first-order chi connectivity index (χ1) is 10.4. The SMILES string of the molecule is CNS(=O)(=O)Cc1ccccc1CNC(=O)c1cc(C)sn1. The van der Waals surface area contributed by atoms with Gasteiger partial charge in [-0.2, -0.15) is 4.37 Å². The summed E-state index contributed by atoms with van der Waals surface area (Å²) in [5, 5.41) is 2.76. The Hall–Kier alpha value is -1.77. The number of carbonyl (C=O) groups excluding carboxylic acids is 1. The molecule has 118 valence electrons. The first-order valence-electron chi connectivity index (χ1n) is 6.61. The Morgan fingerprint density at radius 3 is 2.55 bits per heavy atom. The molecule has 0 radical (unpaired) electrons. The van der Waals surface area contributed by atoms with Crippen LogP contribution in [-0.4, -0.2) is 25.7 Å². The number of hydrogen-bond donors (Lipinski definition) is 2. The molecule has 2 aromatic rings. The Kier molecular flexibility index (Phi) is 5.28. The number of aromatic nitrogens is 1. The lowest BCUT2D eigenvalue weighted by molar-refractivity contribution is 0.0947. The number of aryl methyl sites for hydroxylation is 1. The van der Waals surface area contributed by atoms with Gasteiger partial charge in [-0.05, 0) is 42.7 Å². The van der Waals surface area contributed by atoms with Crippen LogP contribution < -0.4 is 10.0 Å². The van der Waals surface area contributed by atoms with Gasteiger partial charge >= 0.3 is 0 Å². The van der Waals surface area contributed by atoms with Gasteiger partial charge in [0.05, 0.1) is 5.75 Å². The van der Waals surface area contributed by atoms with Gasteiger partial charge in [0.2, 0.25) is 10.0 Å². The van der Waals surface area contributed by atoms with E-state index in [-0.39, 0.29) is 18.2 Å². The lowest BCUT2D eigenvalue weighted by atomic mass is 10.1. The summed E-state index contributed by atoms with van der Waals surface area (Å²) in [5.41, 5.74) is 1.80. The zero-order valence-corrected chi connectivity index (χ0v) is 13.9. The normalized spacial score (nSPS) is 11.4. The number of benzene rings is 1. The molecule has 2 N–H and O–H groups in total. The minimum atomic E-state index is -3.36. The number of nitrogens with zero attached hydrogens (tertiary/aromatic N) is 1. The van der Waals surface area contributed by atoms with Gasteiger partial charge in [0.1, 0.15) is 5.69 Å². The first-order valence-corrected chi connectivity index (χ1v) is 9.03. The molecule has 0 saturated heterocycles. The van der Waals surface area contributed by atoms with Crippen molar-refractivity contribution < 1.29 is 13.2 Å². The van der Waals surface area contributed by atoms with Crippen molar-refractivity contribution in [2.45, 2.75) is 19.2 Å². The van der Waals surface area contributed by atoms with Gasteiger partial charge in [-0.25, -0.2) is 13.1 Å². The Morgan fingerprint density at radius 1 is 1.27 bits per heavy atom. The van der Waals surface area contributed by atoms with E-state index in [9.17, 15) is 13.2 Å². The Morgan fingerprint density at radius 2 is 1.95 bits per heavy atom. The summed E-state index contributed by atoms with van der Waals surface area (Å²) >= 11 is 1.27. The van der Waals surface area contributed by atoms with Gasteiger partial charge in [-0.3, -0.25) is 4.79 Å². The second kappa shape index (κ2) is 6.99. The van der Waals surface area contributed by atoms with Crippen molar-refractivity contribution in [3.63, 3.8) is 0 Å². The molecule has 1 aromatic carbocycles. The fourth-order valence-electron chi connectivity index (χ4n) is 1.89. The molecule has 1 aromatic heterocycles. The number of hydrogen-bond acceptors (Lipinski definition) is 5. The summed E-state index contributed by atoms with van der Waals surface area (Å²) in [5.74, 6) is -0.388. The maximum atomic E-state index is 12.0. The second-order valence-corrected chi connectivity index (χ2v) is 7.67. The van der Waals surface area contributed by atoms with Crippen molar-refractivity contribution in [1.29, 1.82) is 0 Å².